The van der Waals surface area contributed by atoms with Crippen LogP contribution in [0.5, 0.6) is 5.75 Å². The molecule has 2 aliphatic rings. The van der Waals surface area contributed by atoms with Gasteiger partial charge in [0.25, 0.3) is 0 Å². The van der Waals surface area contributed by atoms with Gasteiger partial charge >= 0.3 is 18.3 Å². The first-order chi connectivity index (χ1) is 12.8. The predicted molar refractivity (Wildman–Crippen MR) is 83.3 cm³/mol. The number of carbonyl (C=O) groups is 1. The summed E-state index contributed by atoms with van der Waals surface area (Å²) >= 11 is 0. The molecule has 0 aromatic heterocycles. The van der Waals surface area contributed by atoms with E-state index in [0.717, 1.165) is 50.9 Å². The number of nitrogens with one attached hydrogen (secondary N) is 1. The lowest BCUT2D eigenvalue weighted by Gasteiger charge is -2.49. The molecule has 1 aromatic rings. The average Bonchev–Trinajstić information content (AvgIpc) is 2.55. The van der Waals surface area contributed by atoms with Gasteiger partial charge in [0.05, 0.1) is 11.7 Å². The van der Waals surface area contributed by atoms with Gasteiger partial charge in [-0.25, -0.2) is 9.18 Å². The molecule has 11 heteroatoms. The molecule has 28 heavy (non-hydrogen) atoms. The van der Waals surface area contributed by atoms with Gasteiger partial charge in [-0.1, -0.05) is 0 Å². The number of benzene rings is 1. The normalized spacial score (nSPS) is 19.4. The largest absolute Gasteiger partial charge is 0.490 e. The van der Waals surface area contributed by atoms with Crippen LogP contribution in [0.1, 0.15) is 31.2 Å². The molecule has 0 radical (unpaired) electrons. The van der Waals surface area contributed by atoms with E-state index in [1.54, 1.807) is 0 Å². The number of aliphatic carboxylic acids is 1. The second kappa shape index (κ2) is 8.14. The van der Waals surface area contributed by atoms with Gasteiger partial charge in [0.15, 0.2) is 11.6 Å². The maximum atomic E-state index is 13.7. The zero-order valence-electron chi connectivity index (χ0n) is 14.5. The third-order valence-electron chi connectivity index (χ3n) is 4.78. The van der Waals surface area contributed by atoms with E-state index in [1.807, 2.05) is 0 Å². The number of carboxylic acids is 1. The minimum absolute atomic E-state index is 0.0863. The maximum absolute atomic E-state index is 13.7. The zero-order chi connectivity index (χ0) is 21.2. The molecule has 3 rings (SSSR count). The van der Waals surface area contributed by atoms with Crippen LogP contribution >= 0.6 is 0 Å². The third-order valence-corrected chi connectivity index (χ3v) is 4.78. The summed E-state index contributed by atoms with van der Waals surface area (Å²) < 4.78 is 88.3. The first kappa shape index (κ1) is 22.3. The standard InChI is InChI=1S/C15H17F4NO.C2HF3O2/c16-12-7-10(15(17,18)19)1-2-13(12)21-11-8-14(9-11)3-5-20-6-4-14;3-2(4,5)1(6)7/h1-2,7,11,20H,3-6,8-9H2;(H,6,7). The molecule has 1 aliphatic heterocycles. The van der Waals surface area contributed by atoms with Gasteiger partial charge in [-0.2, -0.15) is 26.3 Å². The van der Waals surface area contributed by atoms with Crippen LogP contribution in [0.2, 0.25) is 0 Å². The zero-order valence-corrected chi connectivity index (χ0v) is 14.5. The Balaban J connectivity index is 0.000000345. The van der Waals surface area contributed by atoms with Gasteiger partial charge in [0.1, 0.15) is 0 Å². The Bertz CT molecular complexity index is 689. The fraction of sp³-hybridized carbons (Fsp3) is 0.588. The monoisotopic (exact) mass is 417 g/mol. The van der Waals surface area contributed by atoms with Crippen LogP contribution in [0.4, 0.5) is 30.7 Å². The van der Waals surface area contributed by atoms with Crippen molar-refractivity contribution in [1.29, 1.82) is 0 Å². The van der Waals surface area contributed by atoms with Crippen molar-refractivity contribution in [2.24, 2.45) is 5.41 Å². The Labute approximate surface area is 155 Å². The number of halogens is 7. The Morgan fingerprint density at radius 3 is 2.07 bits per heavy atom. The van der Waals surface area contributed by atoms with E-state index >= 15 is 0 Å². The molecule has 4 nitrogen and oxygen atoms in total. The van der Waals surface area contributed by atoms with E-state index in [0.29, 0.717) is 6.07 Å². The van der Waals surface area contributed by atoms with E-state index < -0.39 is 29.7 Å². The maximum Gasteiger partial charge on any atom is 0.490 e. The van der Waals surface area contributed by atoms with Crippen LogP contribution in [0.15, 0.2) is 18.2 Å². The number of hydrogen-bond acceptors (Lipinski definition) is 3. The van der Waals surface area contributed by atoms with Crippen molar-refractivity contribution in [3.05, 3.63) is 29.6 Å². The Morgan fingerprint density at radius 2 is 1.64 bits per heavy atom. The Hall–Kier alpha value is -2.04. The van der Waals surface area contributed by atoms with Crippen molar-refractivity contribution >= 4 is 5.97 Å². The van der Waals surface area contributed by atoms with Gasteiger partial charge in [-0.3, -0.25) is 0 Å². The van der Waals surface area contributed by atoms with Gasteiger partial charge in [0, 0.05) is 0 Å². The van der Waals surface area contributed by atoms with Crippen molar-refractivity contribution in [2.45, 2.75) is 44.1 Å². The van der Waals surface area contributed by atoms with Crippen LogP contribution in [-0.4, -0.2) is 36.4 Å². The summed E-state index contributed by atoms with van der Waals surface area (Å²) in [7, 11) is 0. The molecule has 1 aromatic carbocycles. The summed E-state index contributed by atoms with van der Waals surface area (Å²) in [5.74, 6) is -3.79. The van der Waals surface area contributed by atoms with Crippen molar-refractivity contribution in [1.82, 2.24) is 5.32 Å². The minimum atomic E-state index is -5.08. The molecule has 1 saturated carbocycles. The highest BCUT2D eigenvalue weighted by molar-refractivity contribution is 5.73. The minimum Gasteiger partial charge on any atom is -0.487 e. The quantitative estimate of drug-likeness (QED) is 0.701. The van der Waals surface area contributed by atoms with E-state index in [9.17, 15) is 30.7 Å². The average molecular weight is 417 g/mol. The lowest BCUT2D eigenvalue weighted by Crippen LogP contribution is -2.49. The summed E-state index contributed by atoms with van der Waals surface area (Å²) in [4.78, 5) is 8.90. The van der Waals surface area contributed by atoms with Crippen LogP contribution < -0.4 is 10.1 Å². The highest BCUT2D eigenvalue weighted by Crippen LogP contribution is 2.49. The summed E-state index contributed by atoms with van der Waals surface area (Å²) in [5.41, 5.74) is -0.700. The van der Waals surface area contributed by atoms with Crippen LogP contribution in [-0.2, 0) is 11.0 Å². The summed E-state index contributed by atoms with van der Waals surface area (Å²) in [6, 6.07) is 2.43. The van der Waals surface area contributed by atoms with Gasteiger partial charge in [-0.15, -0.1) is 0 Å². The number of piperidine rings is 1. The van der Waals surface area contributed by atoms with E-state index in [2.05, 4.69) is 5.32 Å². The fourth-order valence-electron chi connectivity index (χ4n) is 3.31. The number of ether oxygens (including phenoxy) is 1. The summed E-state index contributed by atoms with van der Waals surface area (Å²) in [6.45, 7) is 1.97. The van der Waals surface area contributed by atoms with Crippen molar-refractivity contribution in [3.8, 4) is 5.75 Å². The van der Waals surface area contributed by atoms with Crippen molar-refractivity contribution in [3.63, 3.8) is 0 Å². The molecule has 0 amide bonds. The van der Waals surface area contributed by atoms with Gasteiger partial charge in [-0.05, 0) is 62.4 Å². The molecule has 1 saturated heterocycles. The molecule has 1 aliphatic carbocycles. The smallest absolute Gasteiger partial charge is 0.487 e. The molecule has 0 atom stereocenters. The molecule has 1 spiro atoms. The van der Waals surface area contributed by atoms with Gasteiger partial charge in [0.2, 0.25) is 0 Å². The molecule has 0 bridgehead atoms. The molecule has 1 heterocycles. The number of alkyl halides is 6. The first-order valence-electron chi connectivity index (χ1n) is 8.37. The van der Waals surface area contributed by atoms with E-state index in [1.165, 1.54) is 0 Å². The van der Waals surface area contributed by atoms with Gasteiger partial charge < -0.3 is 15.2 Å². The molecule has 0 unspecified atom stereocenters. The molecule has 158 valence electrons. The topological polar surface area (TPSA) is 58.6 Å². The SMILES string of the molecule is Fc1cc(C(F)(F)F)ccc1OC1CC2(CCNCC2)C1.O=C(O)C(F)(F)F. The predicted octanol–water partition coefficient (Wildman–Crippen LogP) is 4.39. The second-order valence-corrected chi connectivity index (χ2v) is 6.84. The molecule has 2 fully saturated rings. The van der Waals surface area contributed by atoms with Crippen LogP contribution in [0, 0.1) is 11.2 Å². The molecular weight excluding hydrogens is 399 g/mol. The number of rotatable bonds is 2. The lowest BCUT2D eigenvalue weighted by molar-refractivity contribution is -0.192. The van der Waals surface area contributed by atoms with E-state index in [-0.39, 0.29) is 17.3 Å². The number of carboxylic acid groups (broad SMARTS) is 1. The van der Waals surface area contributed by atoms with E-state index in [4.69, 9.17) is 14.6 Å². The van der Waals surface area contributed by atoms with Crippen molar-refractivity contribution < 1.29 is 45.4 Å². The van der Waals surface area contributed by atoms with Crippen molar-refractivity contribution in [2.75, 3.05) is 13.1 Å². The lowest BCUT2D eigenvalue weighted by atomic mass is 9.62. The second-order valence-electron chi connectivity index (χ2n) is 6.84. The highest BCUT2D eigenvalue weighted by Gasteiger charge is 2.46. The van der Waals surface area contributed by atoms with Crippen LogP contribution in [0.25, 0.3) is 0 Å². The van der Waals surface area contributed by atoms with Crippen LogP contribution in [0.3, 0.4) is 0 Å². The third kappa shape index (κ3) is 5.73. The Kier molecular flexibility index (Phi) is 6.47. The summed E-state index contributed by atoms with van der Waals surface area (Å²) in [6.07, 6.45) is -5.82. The molecule has 2 N–H and O–H groups in total. The first-order valence-corrected chi connectivity index (χ1v) is 8.37. The highest BCUT2D eigenvalue weighted by atomic mass is 19.4. The Morgan fingerprint density at radius 1 is 1.11 bits per heavy atom. The fourth-order valence-corrected chi connectivity index (χ4v) is 3.31. The number of hydrogen-bond donors (Lipinski definition) is 2. The summed E-state index contributed by atoms with van der Waals surface area (Å²) in [5, 5.41) is 10.4. The molecular formula is C17H18F7NO3.